The predicted molar refractivity (Wildman–Crippen MR) is 82.0 cm³/mol. The van der Waals surface area contributed by atoms with Crippen LogP contribution in [0.15, 0.2) is 18.2 Å². The van der Waals surface area contributed by atoms with Crippen LogP contribution in [0.5, 0.6) is 0 Å². The molecule has 0 bridgehead atoms. The van der Waals surface area contributed by atoms with Crippen LogP contribution in [0.1, 0.15) is 5.56 Å². The minimum Gasteiger partial charge on any atom is -0.351 e. The van der Waals surface area contributed by atoms with Crippen molar-refractivity contribution in [3.63, 3.8) is 0 Å². The average Bonchev–Trinajstić information content (AvgIpc) is 2.36. The van der Waals surface area contributed by atoms with Gasteiger partial charge in [-0.15, -0.1) is 24.8 Å². The van der Waals surface area contributed by atoms with E-state index in [4.69, 9.17) is 0 Å². The molecule has 120 valence electrons. The Labute approximate surface area is 135 Å². The molecular weight excluding hydrogens is 323 g/mol. The van der Waals surface area contributed by atoms with Crippen molar-refractivity contribution >= 4 is 30.7 Å². The second-order valence-corrected chi connectivity index (χ2v) is 4.58. The summed E-state index contributed by atoms with van der Waals surface area (Å²) in [6, 6.07) is 3.24. The van der Waals surface area contributed by atoms with Crippen LogP contribution in [0.25, 0.3) is 0 Å². The third-order valence-electron chi connectivity index (χ3n) is 2.99. The second-order valence-electron chi connectivity index (χ2n) is 4.58. The van der Waals surface area contributed by atoms with E-state index < -0.39 is 11.6 Å². The number of hydrogen-bond donors (Lipinski definition) is 2. The molecule has 1 amide bonds. The molecule has 2 N–H and O–H groups in total. The van der Waals surface area contributed by atoms with E-state index >= 15 is 0 Å². The third-order valence-corrected chi connectivity index (χ3v) is 2.99. The third kappa shape index (κ3) is 7.04. The Morgan fingerprint density at radius 3 is 2.29 bits per heavy atom. The quantitative estimate of drug-likeness (QED) is 0.868. The molecule has 2 rings (SSSR count). The number of carbonyl (C=O) groups is 1. The summed E-state index contributed by atoms with van der Waals surface area (Å²) in [5, 5.41) is 5.87. The molecule has 0 saturated carbocycles. The highest BCUT2D eigenvalue weighted by Gasteiger charge is 2.13. The summed E-state index contributed by atoms with van der Waals surface area (Å²) in [5.74, 6) is -1.40. The number of nitrogens with one attached hydrogen (secondary N) is 2. The molecule has 0 aliphatic carbocycles. The normalized spacial score (nSPS) is 14.8. The molecule has 1 aliphatic heterocycles. The molecule has 8 heteroatoms. The molecule has 1 aromatic carbocycles. The lowest BCUT2D eigenvalue weighted by Gasteiger charge is -2.26. The zero-order valence-corrected chi connectivity index (χ0v) is 13.0. The maximum absolute atomic E-state index is 13.0. The smallest absolute Gasteiger partial charge is 0.234 e. The van der Waals surface area contributed by atoms with Gasteiger partial charge in [0.15, 0.2) is 0 Å². The summed E-state index contributed by atoms with van der Waals surface area (Å²) >= 11 is 0. The van der Waals surface area contributed by atoms with Crippen molar-refractivity contribution in [3.8, 4) is 0 Å². The van der Waals surface area contributed by atoms with Gasteiger partial charge in [-0.1, -0.05) is 0 Å². The van der Waals surface area contributed by atoms with Crippen LogP contribution in [0.4, 0.5) is 8.78 Å². The largest absolute Gasteiger partial charge is 0.351 e. The lowest BCUT2D eigenvalue weighted by molar-refractivity contribution is -0.122. The van der Waals surface area contributed by atoms with Gasteiger partial charge in [-0.2, -0.15) is 0 Å². The molecule has 0 atom stereocenters. The molecule has 0 spiro atoms. The van der Waals surface area contributed by atoms with Crippen molar-refractivity contribution < 1.29 is 13.6 Å². The van der Waals surface area contributed by atoms with Gasteiger partial charge in [0.2, 0.25) is 5.91 Å². The Kier molecular flexibility index (Phi) is 9.44. The highest BCUT2D eigenvalue weighted by molar-refractivity contribution is 5.85. The zero-order chi connectivity index (χ0) is 13.7. The highest BCUT2D eigenvalue weighted by Crippen LogP contribution is 2.07. The van der Waals surface area contributed by atoms with Gasteiger partial charge in [-0.3, -0.25) is 9.69 Å². The Balaban J connectivity index is 0.00000200. The molecule has 4 nitrogen and oxygen atoms in total. The van der Waals surface area contributed by atoms with Crippen LogP contribution in [0.3, 0.4) is 0 Å². The van der Waals surface area contributed by atoms with E-state index in [1.54, 1.807) is 0 Å². The number of amides is 1. The van der Waals surface area contributed by atoms with E-state index in [1.165, 1.54) is 12.1 Å². The van der Waals surface area contributed by atoms with Crippen molar-refractivity contribution in [1.82, 2.24) is 15.5 Å². The van der Waals surface area contributed by atoms with Crippen LogP contribution in [-0.2, 0) is 11.3 Å². The van der Waals surface area contributed by atoms with Crippen LogP contribution in [0, 0.1) is 11.6 Å². The maximum Gasteiger partial charge on any atom is 0.234 e. The van der Waals surface area contributed by atoms with Gasteiger partial charge in [0.05, 0.1) is 6.54 Å². The summed E-state index contributed by atoms with van der Waals surface area (Å²) in [6.45, 7) is 3.88. The first-order valence-corrected chi connectivity index (χ1v) is 6.28. The van der Waals surface area contributed by atoms with Crippen LogP contribution < -0.4 is 10.6 Å². The maximum atomic E-state index is 13.0. The minimum atomic E-state index is -0.633. The lowest BCUT2D eigenvalue weighted by Crippen LogP contribution is -2.47. The first-order chi connectivity index (χ1) is 9.13. The molecule has 0 unspecified atom stereocenters. The van der Waals surface area contributed by atoms with Crippen LogP contribution in [-0.4, -0.2) is 43.5 Å². The summed E-state index contributed by atoms with van der Waals surface area (Å²) in [4.78, 5) is 13.7. The van der Waals surface area contributed by atoms with Gasteiger partial charge in [0.25, 0.3) is 0 Å². The van der Waals surface area contributed by atoms with E-state index in [-0.39, 0.29) is 37.3 Å². The highest BCUT2D eigenvalue weighted by atomic mass is 35.5. The summed E-state index contributed by atoms with van der Waals surface area (Å²) in [7, 11) is 0. The number of rotatable bonds is 4. The number of piperazine rings is 1. The fraction of sp³-hybridized carbons (Fsp3) is 0.462. The molecule has 1 heterocycles. The monoisotopic (exact) mass is 341 g/mol. The van der Waals surface area contributed by atoms with Crippen molar-refractivity contribution in [2.75, 3.05) is 32.7 Å². The minimum absolute atomic E-state index is 0. The number of carbonyl (C=O) groups excluding carboxylic acids is 1. The molecular formula is C13H19Cl2F2N3O. The van der Waals surface area contributed by atoms with Gasteiger partial charge < -0.3 is 10.6 Å². The van der Waals surface area contributed by atoms with Gasteiger partial charge >= 0.3 is 0 Å². The molecule has 1 aromatic rings. The van der Waals surface area contributed by atoms with E-state index in [0.717, 1.165) is 32.2 Å². The van der Waals surface area contributed by atoms with Crippen LogP contribution in [0.2, 0.25) is 0 Å². The zero-order valence-electron chi connectivity index (χ0n) is 11.4. The molecule has 1 fully saturated rings. The molecule has 1 aliphatic rings. The first-order valence-electron chi connectivity index (χ1n) is 6.28. The first kappa shape index (κ1) is 20.1. The van der Waals surface area contributed by atoms with Crippen molar-refractivity contribution in [2.45, 2.75) is 6.54 Å². The van der Waals surface area contributed by atoms with Gasteiger partial charge in [-0.25, -0.2) is 8.78 Å². The van der Waals surface area contributed by atoms with E-state index in [1.807, 2.05) is 4.90 Å². The number of hydrogen-bond acceptors (Lipinski definition) is 3. The lowest BCUT2D eigenvalue weighted by atomic mass is 10.2. The SMILES string of the molecule is Cl.Cl.O=C(CN1CCNCC1)NCc1cc(F)cc(F)c1. The van der Waals surface area contributed by atoms with Crippen molar-refractivity contribution in [3.05, 3.63) is 35.4 Å². The van der Waals surface area contributed by atoms with Gasteiger partial charge in [0.1, 0.15) is 11.6 Å². The summed E-state index contributed by atoms with van der Waals surface area (Å²) < 4.78 is 25.9. The summed E-state index contributed by atoms with van der Waals surface area (Å²) in [5.41, 5.74) is 0.422. The number of nitrogens with zero attached hydrogens (tertiary/aromatic N) is 1. The predicted octanol–water partition coefficient (Wildman–Crippen LogP) is 1.33. The van der Waals surface area contributed by atoms with Crippen LogP contribution >= 0.6 is 24.8 Å². The average molecular weight is 342 g/mol. The molecule has 21 heavy (non-hydrogen) atoms. The second kappa shape index (κ2) is 9.89. The standard InChI is InChI=1S/C13H17F2N3O.2ClH/c14-11-5-10(6-12(15)7-11)8-17-13(19)9-18-3-1-16-2-4-18;;/h5-7,16H,1-4,8-9H2,(H,17,19);2*1H. The molecule has 1 saturated heterocycles. The van der Waals surface area contributed by atoms with E-state index in [9.17, 15) is 13.6 Å². The fourth-order valence-corrected chi connectivity index (χ4v) is 2.04. The molecule has 0 radical (unpaired) electrons. The Morgan fingerprint density at radius 1 is 1.14 bits per heavy atom. The molecule has 0 aromatic heterocycles. The van der Waals surface area contributed by atoms with E-state index in [2.05, 4.69) is 10.6 Å². The van der Waals surface area contributed by atoms with Gasteiger partial charge in [0, 0.05) is 38.8 Å². The van der Waals surface area contributed by atoms with Gasteiger partial charge in [-0.05, 0) is 17.7 Å². The topological polar surface area (TPSA) is 44.4 Å². The fourth-order valence-electron chi connectivity index (χ4n) is 2.04. The Hall–Kier alpha value is -0.950. The number of benzene rings is 1. The van der Waals surface area contributed by atoms with Crippen molar-refractivity contribution in [2.24, 2.45) is 0 Å². The van der Waals surface area contributed by atoms with Crippen molar-refractivity contribution in [1.29, 1.82) is 0 Å². The number of halogens is 4. The Morgan fingerprint density at radius 2 is 1.71 bits per heavy atom. The van der Waals surface area contributed by atoms with E-state index in [0.29, 0.717) is 12.1 Å². The Bertz CT molecular complexity index is 437. The summed E-state index contributed by atoms with van der Waals surface area (Å²) in [6.07, 6.45) is 0.